The zero-order valence-electron chi connectivity index (χ0n) is 22.3. The highest BCUT2D eigenvalue weighted by molar-refractivity contribution is 6.12. The first-order valence-corrected chi connectivity index (χ1v) is 12.9. The number of rotatable bonds is 6. The third kappa shape index (κ3) is 4.09. The maximum absolute atomic E-state index is 13.6. The van der Waals surface area contributed by atoms with E-state index in [0.29, 0.717) is 47.8 Å². The Bertz CT molecular complexity index is 1880. The Morgan fingerprint density at radius 3 is 2.50 bits per heavy atom. The normalized spacial score (nSPS) is 12.6. The second-order valence-electron chi connectivity index (χ2n) is 9.72. The molecule has 0 unspecified atom stereocenters. The molecule has 2 aromatic carbocycles. The van der Waals surface area contributed by atoms with Gasteiger partial charge in [0.25, 0.3) is 11.5 Å². The fourth-order valence-corrected chi connectivity index (χ4v) is 5.38. The highest BCUT2D eigenvalue weighted by Gasteiger charge is 2.27. The molecular formula is C30H27N5O5. The minimum absolute atomic E-state index is 0.188. The SMILES string of the molecule is CCn1c(-c2ccc(-c3c(C)on(C)c3=O)cc2)cc2c3c(nc(C(=O)Nc4cccc(C(N)=O)c4)c21)COC3. The second-order valence-corrected chi connectivity index (χ2v) is 9.72. The lowest BCUT2D eigenvalue weighted by molar-refractivity contribution is 0.0995. The van der Waals surface area contributed by atoms with Crippen LogP contribution in [-0.2, 0) is 31.5 Å². The van der Waals surface area contributed by atoms with Crippen molar-refractivity contribution < 1.29 is 18.8 Å². The summed E-state index contributed by atoms with van der Waals surface area (Å²) >= 11 is 0. The largest absolute Gasteiger partial charge is 0.381 e. The number of amides is 2. The van der Waals surface area contributed by atoms with Gasteiger partial charge in [-0.05, 0) is 49.2 Å². The first-order chi connectivity index (χ1) is 19.3. The Labute approximate surface area is 229 Å². The molecule has 0 spiro atoms. The van der Waals surface area contributed by atoms with Gasteiger partial charge in [-0.1, -0.05) is 30.3 Å². The van der Waals surface area contributed by atoms with Gasteiger partial charge in [0.05, 0.1) is 30.0 Å². The minimum atomic E-state index is -0.579. The molecule has 0 fully saturated rings. The van der Waals surface area contributed by atoms with Gasteiger partial charge in [0, 0.05) is 41.5 Å². The van der Waals surface area contributed by atoms with Crippen molar-refractivity contribution in [1.82, 2.24) is 14.3 Å². The topological polar surface area (TPSA) is 134 Å². The molecule has 5 aromatic rings. The van der Waals surface area contributed by atoms with Gasteiger partial charge in [0.15, 0.2) is 5.69 Å². The molecule has 0 aliphatic carbocycles. The number of hydrogen-bond acceptors (Lipinski definition) is 6. The number of fused-ring (bicyclic) bond motifs is 3. The van der Waals surface area contributed by atoms with Gasteiger partial charge < -0.3 is 24.9 Å². The van der Waals surface area contributed by atoms with E-state index in [2.05, 4.69) is 16.0 Å². The zero-order chi connectivity index (χ0) is 28.1. The van der Waals surface area contributed by atoms with E-state index in [1.54, 1.807) is 32.2 Å². The number of carbonyl (C=O) groups is 2. The smallest absolute Gasteiger partial charge is 0.290 e. The lowest BCUT2D eigenvalue weighted by atomic mass is 10.0. The Balaban J connectivity index is 1.46. The number of anilines is 1. The van der Waals surface area contributed by atoms with Crippen molar-refractivity contribution in [3.05, 3.63) is 93.2 Å². The molecular weight excluding hydrogens is 510 g/mol. The van der Waals surface area contributed by atoms with E-state index in [4.69, 9.17) is 20.0 Å². The lowest BCUT2D eigenvalue weighted by Crippen LogP contribution is -2.18. The van der Waals surface area contributed by atoms with Gasteiger partial charge in [-0.2, -0.15) is 4.74 Å². The summed E-state index contributed by atoms with van der Waals surface area (Å²) in [5.41, 5.74) is 11.8. The summed E-state index contributed by atoms with van der Waals surface area (Å²) in [6.07, 6.45) is 0. The van der Waals surface area contributed by atoms with Crippen molar-refractivity contribution in [1.29, 1.82) is 0 Å². The van der Waals surface area contributed by atoms with Crippen LogP contribution in [0.2, 0.25) is 0 Å². The third-order valence-electron chi connectivity index (χ3n) is 7.26. The number of nitrogens with zero attached hydrogens (tertiary/aromatic N) is 3. The lowest BCUT2D eigenvalue weighted by Gasteiger charge is -2.13. The number of primary amides is 1. The summed E-state index contributed by atoms with van der Waals surface area (Å²) < 4.78 is 14.4. The average Bonchev–Trinajstić information content (AvgIpc) is 3.63. The summed E-state index contributed by atoms with van der Waals surface area (Å²) in [6, 6.07) is 16.3. The molecule has 3 N–H and O–H groups in total. The number of benzene rings is 2. The average molecular weight is 538 g/mol. The first kappa shape index (κ1) is 25.3. The zero-order valence-corrected chi connectivity index (χ0v) is 22.3. The quantitative estimate of drug-likeness (QED) is 0.330. The fourth-order valence-electron chi connectivity index (χ4n) is 5.38. The molecule has 1 aliphatic heterocycles. The van der Waals surface area contributed by atoms with Crippen LogP contribution < -0.4 is 16.6 Å². The van der Waals surface area contributed by atoms with E-state index >= 15 is 0 Å². The van der Waals surface area contributed by atoms with E-state index in [1.807, 2.05) is 31.2 Å². The van der Waals surface area contributed by atoms with E-state index < -0.39 is 11.8 Å². The van der Waals surface area contributed by atoms with Crippen molar-refractivity contribution >= 4 is 28.4 Å². The predicted molar refractivity (Wildman–Crippen MR) is 150 cm³/mol. The Morgan fingerprint density at radius 2 is 1.82 bits per heavy atom. The fraction of sp³-hybridized carbons (Fsp3) is 0.200. The van der Waals surface area contributed by atoms with Crippen LogP contribution >= 0.6 is 0 Å². The summed E-state index contributed by atoms with van der Waals surface area (Å²) in [4.78, 5) is 42.5. The van der Waals surface area contributed by atoms with Crippen LogP contribution in [0, 0.1) is 6.92 Å². The highest BCUT2D eigenvalue weighted by Crippen LogP contribution is 2.36. The second kappa shape index (κ2) is 9.65. The standard InChI is InChI=1S/C30H27N5O5/c1-4-35-24(17-8-10-18(11-9-17)25-16(2)40-34(3)30(25)38)13-21-22-14-39-15-23(22)33-26(27(21)35)29(37)32-20-7-5-6-19(12-20)28(31)36/h5-13H,4,14-15H2,1-3H3,(H2,31,36)(H,32,37). The highest BCUT2D eigenvalue weighted by atomic mass is 16.5. The van der Waals surface area contributed by atoms with Crippen LogP contribution in [0.1, 0.15) is 44.8 Å². The maximum Gasteiger partial charge on any atom is 0.290 e. The van der Waals surface area contributed by atoms with E-state index in [-0.39, 0.29) is 11.3 Å². The molecule has 0 saturated carbocycles. The van der Waals surface area contributed by atoms with Gasteiger partial charge in [-0.3, -0.25) is 14.4 Å². The van der Waals surface area contributed by atoms with Gasteiger partial charge in [0.2, 0.25) is 5.91 Å². The molecule has 0 bridgehead atoms. The molecule has 0 radical (unpaired) electrons. The number of nitrogens with one attached hydrogen (secondary N) is 1. The van der Waals surface area contributed by atoms with Gasteiger partial charge >= 0.3 is 0 Å². The number of carbonyl (C=O) groups excluding carboxylic acids is 2. The molecule has 0 saturated heterocycles. The van der Waals surface area contributed by atoms with E-state index in [9.17, 15) is 14.4 Å². The number of aromatic nitrogens is 3. The van der Waals surface area contributed by atoms with Crippen molar-refractivity contribution in [2.45, 2.75) is 33.6 Å². The maximum atomic E-state index is 13.6. The molecule has 10 nitrogen and oxygen atoms in total. The molecule has 4 heterocycles. The van der Waals surface area contributed by atoms with Crippen molar-refractivity contribution in [3.63, 3.8) is 0 Å². The van der Waals surface area contributed by atoms with Crippen LogP contribution in [0.4, 0.5) is 5.69 Å². The summed E-state index contributed by atoms with van der Waals surface area (Å²) in [7, 11) is 1.59. The molecule has 10 heteroatoms. The van der Waals surface area contributed by atoms with Gasteiger partial charge in [-0.15, -0.1) is 0 Å². The predicted octanol–water partition coefficient (Wildman–Crippen LogP) is 4.37. The van der Waals surface area contributed by atoms with Gasteiger partial charge in [-0.25, -0.2) is 4.98 Å². The minimum Gasteiger partial charge on any atom is -0.381 e. The molecule has 40 heavy (non-hydrogen) atoms. The number of hydrogen-bond donors (Lipinski definition) is 2. The number of pyridine rings is 1. The van der Waals surface area contributed by atoms with Crippen LogP contribution in [0.5, 0.6) is 0 Å². The molecule has 202 valence electrons. The molecule has 6 rings (SSSR count). The van der Waals surface area contributed by atoms with E-state index in [0.717, 1.165) is 33.5 Å². The Kier molecular flexibility index (Phi) is 6.11. The van der Waals surface area contributed by atoms with Crippen LogP contribution in [-0.4, -0.2) is 26.1 Å². The Hall–Kier alpha value is -4.96. The first-order valence-electron chi connectivity index (χ1n) is 12.9. The van der Waals surface area contributed by atoms with E-state index in [1.165, 1.54) is 10.8 Å². The number of aryl methyl sites for hydroxylation is 3. The summed E-state index contributed by atoms with van der Waals surface area (Å²) in [5.74, 6) is -0.422. The van der Waals surface area contributed by atoms with Crippen LogP contribution in [0.15, 0.2) is 63.9 Å². The number of ether oxygens (including phenoxy) is 1. The molecule has 1 aliphatic rings. The van der Waals surface area contributed by atoms with Crippen molar-refractivity contribution in [2.24, 2.45) is 12.8 Å². The number of nitrogens with two attached hydrogens (primary N) is 1. The molecule has 3 aromatic heterocycles. The van der Waals surface area contributed by atoms with Crippen molar-refractivity contribution in [2.75, 3.05) is 5.32 Å². The summed E-state index contributed by atoms with van der Waals surface area (Å²) in [5, 5.41) is 3.77. The monoisotopic (exact) mass is 537 g/mol. The van der Waals surface area contributed by atoms with Gasteiger partial charge in [0.1, 0.15) is 5.76 Å². The third-order valence-corrected chi connectivity index (χ3v) is 7.26. The molecule has 0 atom stereocenters. The molecule has 2 amide bonds. The Morgan fingerprint density at radius 1 is 1.07 bits per heavy atom. The van der Waals surface area contributed by atoms with Crippen LogP contribution in [0.25, 0.3) is 33.3 Å². The summed E-state index contributed by atoms with van der Waals surface area (Å²) in [6.45, 7) is 5.10. The van der Waals surface area contributed by atoms with Crippen molar-refractivity contribution in [3.8, 4) is 22.4 Å². The van der Waals surface area contributed by atoms with Crippen LogP contribution in [0.3, 0.4) is 0 Å².